The number of hydrogen-bond acceptors (Lipinski definition) is 3. The molecule has 5 heteroatoms. The zero-order valence-corrected chi connectivity index (χ0v) is 9.89. The third-order valence-corrected chi connectivity index (χ3v) is 2.46. The van der Waals surface area contributed by atoms with Crippen molar-refractivity contribution < 1.29 is 18.9 Å². The first-order valence-corrected chi connectivity index (χ1v) is 5.44. The smallest absolute Gasteiger partial charge is 0.304 e. The zero-order valence-electron chi connectivity index (χ0n) is 9.89. The average molecular weight is 246 g/mol. The van der Waals surface area contributed by atoms with Gasteiger partial charge in [0.25, 0.3) is 0 Å². The van der Waals surface area contributed by atoms with Crippen molar-refractivity contribution in [3.05, 3.63) is 48.3 Å². The Balaban J connectivity index is 2.15. The van der Waals surface area contributed by atoms with Crippen LogP contribution in [-0.4, -0.2) is 19.6 Å². The normalized spacial score (nSPS) is 9.94. The SMILES string of the molecule is COc1ccc(Oc2ccc(BO)cc2)cc1F. The molecule has 2 aromatic carbocycles. The maximum absolute atomic E-state index is 13.4. The molecule has 0 aliphatic heterocycles. The summed E-state index contributed by atoms with van der Waals surface area (Å²) in [6, 6.07) is 11.3. The molecule has 0 aromatic heterocycles. The summed E-state index contributed by atoms with van der Waals surface area (Å²) >= 11 is 0. The fourth-order valence-electron chi connectivity index (χ4n) is 1.51. The van der Waals surface area contributed by atoms with Gasteiger partial charge in [-0.2, -0.15) is 0 Å². The zero-order chi connectivity index (χ0) is 13.0. The molecule has 0 spiro atoms. The van der Waals surface area contributed by atoms with E-state index in [4.69, 9.17) is 14.5 Å². The lowest BCUT2D eigenvalue weighted by atomic mass is 9.89. The minimum absolute atomic E-state index is 0.0164. The van der Waals surface area contributed by atoms with Crippen LogP contribution in [0.2, 0.25) is 0 Å². The van der Waals surface area contributed by atoms with Crippen LogP contribution in [0.5, 0.6) is 17.2 Å². The second-order valence-electron chi connectivity index (χ2n) is 3.70. The van der Waals surface area contributed by atoms with Crippen LogP contribution in [0.15, 0.2) is 42.5 Å². The van der Waals surface area contributed by atoms with E-state index in [-0.39, 0.29) is 13.2 Å². The number of halogens is 1. The molecule has 0 amide bonds. The van der Waals surface area contributed by atoms with Gasteiger partial charge in [-0.15, -0.1) is 0 Å². The van der Waals surface area contributed by atoms with Crippen LogP contribution < -0.4 is 14.9 Å². The Morgan fingerprint density at radius 3 is 2.28 bits per heavy atom. The number of methoxy groups -OCH3 is 1. The molecule has 18 heavy (non-hydrogen) atoms. The van der Waals surface area contributed by atoms with E-state index in [0.29, 0.717) is 11.5 Å². The van der Waals surface area contributed by atoms with E-state index in [2.05, 4.69) is 0 Å². The largest absolute Gasteiger partial charge is 0.494 e. The quantitative estimate of drug-likeness (QED) is 0.832. The van der Waals surface area contributed by atoms with Gasteiger partial charge in [-0.25, -0.2) is 4.39 Å². The van der Waals surface area contributed by atoms with Gasteiger partial charge >= 0.3 is 7.48 Å². The van der Waals surface area contributed by atoms with Crippen molar-refractivity contribution >= 4 is 12.9 Å². The molecule has 0 bridgehead atoms. The van der Waals surface area contributed by atoms with Gasteiger partial charge in [0.05, 0.1) is 7.11 Å². The minimum Gasteiger partial charge on any atom is -0.494 e. The molecule has 2 aromatic rings. The predicted molar refractivity (Wildman–Crippen MR) is 68.5 cm³/mol. The number of hydrogen-bond donors (Lipinski definition) is 1. The van der Waals surface area contributed by atoms with Gasteiger partial charge in [0, 0.05) is 6.07 Å². The first kappa shape index (κ1) is 12.5. The van der Waals surface area contributed by atoms with Gasteiger partial charge < -0.3 is 14.5 Å². The number of rotatable bonds is 4. The van der Waals surface area contributed by atoms with Crippen LogP contribution in [0.25, 0.3) is 0 Å². The molecule has 3 nitrogen and oxygen atoms in total. The molecule has 2 rings (SSSR count). The van der Waals surface area contributed by atoms with Crippen LogP contribution >= 0.6 is 0 Å². The molecule has 92 valence electrons. The molecular formula is C13H12BFO3. The van der Waals surface area contributed by atoms with Gasteiger partial charge in [0.2, 0.25) is 0 Å². The monoisotopic (exact) mass is 246 g/mol. The molecule has 0 radical (unpaired) electrons. The van der Waals surface area contributed by atoms with E-state index >= 15 is 0 Å². The van der Waals surface area contributed by atoms with Crippen molar-refractivity contribution in [1.82, 2.24) is 0 Å². The number of benzene rings is 2. The Labute approximate surface area is 105 Å². The average Bonchev–Trinajstić information content (AvgIpc) is 2.40. The molecule has 0 aliphatic rings. The Morgan fingerprint density at radius 2 is 1.72 bits per heavy atom. The maximum atomic E-state index is 13.4. The first-order valence-electron chi connectivity index (χ1n) is 5.44. The van der Waals surface area contributed by atoms with Gasteiger partial charge in [-0.3, -0.25) is 0 Å². The summed E-state index contributed by atoms with van der Waals surface area (Å²) in [5, 5.41) is 8.91. The van der Waals surface area contributed by atoms with Crippen molar-refractivity contribution in [2.45, 2.75) is 0 Å². The highest BCUT2D eigenvalue weighted by molar-refractivity contribution is 6.45. The Kier molecular flexibility index (Phi) is 3.84. The highest BCUT2D eigenvalue weighted by atomic mass is 19.1. The molecule has 0 saturated heterocycles. The van der Waals surface area contributed by atoms with Crippen molar-refractivity contribution in [2.75, 3.05) is 7.11 Å². The molecule has 0 fully saturated rings. The van der Waals surface area contributed by atoms with Crippen LogP contribution in [0, 0.1) is 5.82 Å². The third kappa shape index (κ3) is 2.81. The third-order valence-electron chi connectivity index (χ3n) is 2.46. The van der Waals surface area contributed by atoms with Crippen LogP contribution in [0.4, 0.5) is 4.39 Å². The van der Waals surface area contributed by atoms with Crippen molar-refractivity contribution in [2.24, 2.45) is 0 Å². The molecule has 0 aliphatic carbocycles. The van der Waals surface area contributed by atoms with Crippen molar-refractivity contribution in [3.63, 3.8) is 0 Å². The van der Waals surface area contributed by atoms with Gasteiger partial charge in [-0.05, 0) is 24.3 Å². The standard InChI is InChI=1S/C13H12BFO3/c1-17-13-7-6-11(8-12(13)15)18-10-4-2-9(14-16)3-5-10/h2-8,14,16H,1H3. The summed E-state index contributed by atoms with van der Waals surface area (Å²) in [4.78, 5) is 0. The topological polar surface area (TPSA) is 38.7 Å². The Hall–Kier alpha value is -2.01. The van der Waals surface area contributed by atoms with E-state index in [0.717, 1.165) is 5.46 Å². The highest BCUT2D eigenvalue weighted by Crippen LogP contribution is 2.26. The van der Waals surface area contributed by atoms with Crippen molar-refractivity contribution in [1.29, 1.82) is 0 Å². The molecule has 1 N–H and O–H groups in total. The summed E-state index contributed by atoms with van der Waals surface area (Å²) in [5.41, 5.74) is 0.795. The molecule has 0 atom stereocenters. The molecule has 0 unspecified atom stereocenters. The van der Waals surface area contributed by atoms with Crippen LogP contribution in [0.3, 0.4) is 0 Å². The molecule has 0 heterocycles. The Bertz CT molecular complexity index is 528. The molecular weight excluding hydrogens is 234 g/mol. The fourth-order valence-corrected chi connectivity index (χ4v) is 1.51. The lowest BCUT2D eigenvalue weighted by molar-refractivity contribution is 0.383. The van der Waals surface area contributed by atoms with E-state index in [1.807, 2.05) is 0 Å². The number of ether oxygens (including phenoxy) is 2. The first-order chi connectivity index (χ1) is 8.72. The Morgan fingerprint density at radius 1 is 1.06 bits per heavy atom. The van der Waals surface area contributed by atoms with Crippen LogP contribution in [-0.2, 0) is 0 Å². The summed E-state index contributed by atoms with van der Waals surface area (Å²) in [5.74, 6) is 0.682. The van der Waals surface area contributed by atoms with E-state index in [1.165, 1.54) is 19.2 Å². The van der Waals surface area contributed by atoms with E-state index in [9.17, 15) is 4.39 Å². The van der Waals surface area contributed by atoms with E-state index in [1.54, 1.807) is 30.3 Å². The summed E-state index contributed by atoms with van der Waals surface area (Å²) in [7, 11) is 1.39. The van der Waals surface area contributed by atoms with Gasteiger partial charge in [0.15, 0.2) is 11.6 Å². The minimum atomic E-state index is -0.470. The fraction of sp³-hybridized carbons (Fsp3) is 0.0769. The van der Waals surface area contributed by atoms with Gasteiger partial charge in [-0.1, -0.05) is 17.6 Å². The summed E-state index contributed by atoms with van der Waals surface area (Å²) in [6.45, 7) is 0. The lowest BCUT2D eigenvalue weighted by Gasteiger charge is -2.07. The second kappa shape index (κ2) is 5.55. The summed E-state index contributed by atoms with van der Waals surface area (Å²) in [6.07, 6.45) is 0. The second-order valence-corrected chi connectivity index (χ2v) is 3.70. The predicted octanol–water partition coefficient (Wildman–Crippen LogP) is 1.60. The van der Waals surface area contributed by atoms with Crippen LogP contribution in [0.1, 0.15) is 0 Å². The molecule has 0 saturated carbocycles. The van der Waals surface area contributed by atoms with Crippen molar-refractivity contribution in [3.8, 4) is 17.2 Å². The summed E-state index contributed by atoms with van der Waals surface area (Å²) < 4.78 is 23.7. The lowest BCUT2D eigenvalue weighted by Crippen LogP contribution is -2.11. The van der Waals surface area contributed by atoms with Gasteiger partial charge in [0.1, 0.15) is 11.5 Å². The van der Waals surface area contributed by atoms with E-state index < -0.39 is 5.82 Å². The highest BCUT2D eigenvalue weighted by Gasteiger charge is 2.05. The maximum Gasteiger partial charge on any atom is 0.304 e.